The maximum Gasteiger partial charge on any atom is 0.414 e. The molecule has 0 spiro atoms. The van der Waals surface area contributed by atoms with E-state index in [-0.39, 0.29) is 86.4 Å². The molecule has 5 heterocycles. The molecule has 1 saturated carbocycles. The Morgan fingerprint density at radius 3 is 2.29 bits per heavy atom. The maximum absolute atomic E-state index is 16.2. The molecule has 4 atom stereocenters. The number of anilines is 2. The summed E-state index contributed by atoms with van der Waals surface area (Å²) < 4.78 is 66.5. The highest BCUT2D eigenvalue weighted by Gasteiger charge is 2.55. The zero-order valence-electron chi connectivity index (χ0n) is 36.6. The second-order valence-corrected chi connectivity index (χ2v) is 17.6. The number of hydrogen-bond donors (Lipinski definition) is 2. The molecule has 2 amide bonds. The molecule has 1 unspecified atom stereocenters. The number of hydrogen-bond acceptors (Lipinski definition) is 13. The SMILES string of the molecule is O=C(OC[C@H]1CN(c2ccc(OC(=C3CC3C(=O)OCc3ccccc3)[C@]3(O)C[C@H]4COc5c(c(F)cc6c(=O)cc[nH]c56)N4C3)c(F)c2)C(=O)O1)C1CCN(C(=O)OCc2ccccc2)CC1. The van der Waals surface area contributed by atoms with Crippen LogP contribution < -0.4 is 24.7 Å². The number of aliphatic hydroxyl groups is 1. The largest absolute Gasteiger partial charge is 0.487 e. The fraction of sp³-hybridized carbons (Fsp3) is 0.340. The number of piperidine rings is 1. The Labute approximate surface area is 387 Å². The van der Waals surface area contributed by atoms with Crippen LogP contribution in [-0.4, -0.2) is 96.3 Å². The monoisotopic (exact) mass is 932 g/mol. The summed E-state index contributed by atoms with van der Waals surface area (Å²) in [6.45, 7) is 0.272. The number of nitrogens with zero attached hydrogens (tertiary/aromatic N) is 3. The first kappa shape index (κ1) is 44.4. The van der Waals surface area contributed by atoms with Crippen LogP contribution in [0.2, 0.25) is 0 Å². The molecule has 5 aromatic rings. The predicted molar refractivity (Wildman–Crippen MR) is 239 cm³/mol. The Bertz CT molecular complexity index is 2870. The van der Waals surface area contributed by atoms with E-state index in [9.17, 15) is 29.1 Å². The summed E-state index contributed by atoms with van der Waals surface area (Å²) in [7, 11) is 0. The van der Waals surface area contributed by atoms with Crippen molar-refractivity contribution in [2.24, 2.45) is 11.8 Å². The third-order valence-electron chi connectivity index (χ3n) is 13.0. The summed E-state index contributed by atoms with van der Waals surface area (Å²) in [6, 6.07) is 24.0. The number of likely N-dealkylation sites (tertiary alicyclic amines) is 1. The van der Waals surface area contributed by atoms with Crippen LogP contribution in [0.15, 0.2) is 113 Å². The van der Waals surface area contributed by atoms with Gasteiger partial charge >= 0.3 is 24.1 Å². The van der Waals surface area contributed by atoms with Crippen molar-refractivity contribution in [2.45, 2.75) is 56.6 Å². The summed E-state index contributed by atoms with van der Waals surface area (Å²) in [5, 5.41) is 12.6. The third kappa shape index (κ3) is 8.90. The minimum Gasteiger partial charge on any atom is -0.487 e. The van der Waals surface area contributed by atoms with Crippen LogP contribution in [0, 0.1) is 23.5 Å². The number of fused-ring (bicyclic) bond motifs is 5. The van der Waals surface area contributed by atoms with Crippen molar-refractivity contribution in [3.05, 3.63) is 142 Å². The molecule has 0 bridgehead atoms. The number of nitrogens with one attached hydrogen (secondary N) is 1. The lowest BCUT2D eigenvalue weighted by atomic mass is 9.96. The Kier molecular flexibility index (Phi) is 11.9. The van der Waals surface area contributed by atoms with Crippen molar-refractivity contribution in [2.75, 3.05) is 49.2 Å². The average Bonchev–Trinajstić information content (AvgIpc) is 3.93. The molecule has 68 heavy (non-hydrogen) atoms. The number of pyridine rings is 1. The minimum atomic E-state index is -1.88. The molecule has 18 heteroatoms. The summed E-state index contributed by atoms with van der Waals surface area (Å²) in [5.41, 5.74) is 0.183. The quantitative estimate of drug-likeness (QED) is 0.0783. The fourth-order valence-corrected chi connectivity index (χ4v) is 9.38. The highest BCUT2D eigenvalue weighted by molar-refractivity contribution is 5.92. The number of carbonyl (C=O) groups is 4. The Morgan fingerprint density at radius 1 is 0.853 bits per heavy atom. The van der Waals surface area contributed by atoms with Crippen molar-refractivity contribution < 1.29 is 61.5 Å². The van der Waals surface area contributed by atoms with Gasteiger partial charge in [-0.15, -0.1) is 0 Å². The van der Waals surface area contributed by atoms with Crippen LogP contribution in [0.1, 0.15) is 36.8 Å². The molecular weight excluding hydrogens is 887 g/mol. The molecular formula is C50H46F2N4O12. The molecule has 4 aliphatic heterocycles. The molecule has 5 aliphatic rings. The topological polar surface area (TPSA) is 186 Å². The van der Waals surface area contributed by atoms with E-state index in [0.717, 1.165) is 23.3 Å². The van der Waals surface area contributed by atoms with E-state index < -0.39 is 70.8 Å². The molecule has 0 radical (unpaired) electrons. The van der Waals surface area contributed by atoms with Crippen LogP contribution in [0.3, 0.4) is 0 Å². The van der Waals surface area contributed by atoms with Gasteiger partial charge in [0.05, 0.1) is 47.6 Å². The molecule has 3 saturated heterocycles. The molecule has 1 aliphatic carbocycles. The van der Waals surface area contributed by atoms with Gasteiger partial charge in [0.1, 0.15) is 43.5 Å². The molecule has 10 rings (SSSR count). The minimum absolute atomic E-state index is 0.0104. The van der Waals surface area contributed by atoms with Gasteiger partial charge in [0.2, 0.25) is 0 Å². The molecule has 16 nitrogen and oxygen atoms in total. The highest BCUT2D eigenvalue weighted by atomic mass is 19.1. The summed E-state index contributed by atoms with van der Waals surface area (Å²) in [6.07, 6.45) is 0.184. The molecule has 4 aromatic carbocycles. The van der Waals surface area contributed by atoms with Crippen LogP contribution in [-0.2, 0) is 41.8 Å². The second-order valence-electron chi connectivity index (χ2n) is 17.6. The zero-order valence-corrected chi connectivity index (χ0v) is 36.6. The number of ether oxygens (including phenoxy) is 6. The van der Waals surface area contributed by atoms with E-state index in [1.54, 1.807) is 9.80 Å². The van der Waals surface area contributed by atoms with E-state index >= 15 is 8.78 Å². The van der Waals surface area contributed by atoms with Gasteiger partial charge in [0.25, 0.3) is 0 Å². The smallest absolute Gasteiger partial charge is 0.414 e. The van der Waals surface area contributed by atoms with E-state index in [1.165, 1.54) is 29.3 Å². The summed E-state index contributed by atoms with van der Waals surface area (Å²) in [4.78, 5) is 71.9. The average molecular weight is 933 g/mol. The van der Waals surface area contributed by atoms with E-state index in [1.807, 2.05) is 60.7 Å². The number of aromatic amines is 1. The number of esters is 2. The highest BCUT2D eigenvalue weighted by Crippen LogP contribution is 2.51. The van der Waals surface area contributed by atoms with Gasteiger partial charge < -0.3 is 48.3 Å². The van der Waals surface area contributed by atoms with Crippen molar-refractivity contribution >= 4 is 46.4 Å². The van der Waals surface area contributed by atoms with Crippen molar-refractivity contribution in [1.29, 1.82) is 0 Å². The molecule has 4 fully saturated rings. The van der Waals surface area contributed by atoms with E-state index in [4.69, 9.17) is 28.4 Å². The van der Waals surface area contributed by atoms with Gasteiger partial charge in [-0.05, 0) is 54.2 Å². The predicted octanol–water partition coefficient (Wildman–Crippen LogP) is 6.52. The zero-order chi connectivity index (χ0) is 47.1. The molecule has 352 valence electrons. The first-order valence-electron chi connectivity index (χ1n) is 22.4. The van der Waals surface area contributed by atoms with Gasteiger partial charge in [-0.25, -0.2) is 18.4 Å². The number of carbonyl (C=O) groups excluding carboxylic acids is 4. The van der Waals surface area contributed by atoms with Crippen molar-refractivity contribution in [3.8, 4) is 11.5 Å². The fourth-order valence-electron chi connectivity index (χ4n) is 9.38. The van der Waals surface area contributed by atoms with E-state index in [2.05, 4.69) is 4.98 Å². The second kappa shape index (κ2) is 18.3. The number of cyclic esters (lactones) is 1. The van der Waals surface area contributed by atoms with Gasteiger partial charge in [0, 0.05) is 37.8 Å². The Hall–Kier alpha value is -7.47. The number of aromatic nitrogens is 1. The number of halogens is 2. The lowest BCUT2D eigenvalue weighted by Gasteiger charge is -2.34. The molecule has 2 N–H and O–H groups in total. The van der Waals surface area contributed by atoms with Gasteiger partial charge in [0.15, 0.2) is 34.7 Å². The number of rotatable bonds is 12. The van der Waals surface area contributed by atoms with Crippen LogP contribution in [0.4, 0.5) is 29.7 Å². The third-order valence-corrected chi connectivity index (χ3v) is 13.0. The van der Waals surface area contributed by atoms with Gasteiger partial charge in [-0.1, -0.05) is 60.7 Å². The first-order valence-corrected chi connectivity index (χ1v) is 22.4. The maximum atomic E-state index is 16.2. The Morgan fingerprint density at radius 2 is 1.57 bits per heavy atom. The first-order chi connectivity index (χ1) is 32.9. The van der Waals surface area contributed by atoms with Crippen LogP contribution in [0.5, 0.6) is 11.5 Å². The summed E-state index contributed by atoms with van der Waals surface area (Å²) >= 11 is 0. The number of H-pyrrole nitrogens is 1. The van der Waals surface area contributed by atoms with Crippen molar-refractivity contribution in [3.63, 3.8) is 0 Å². The van der Waals surface area contributed by atoms with Crippen molar-refractivity contribution in [1.82, 2.24) is 9.88 Å². The summed E-state index contributed by atoms with van der Waals surface area (Å²) in [5.74, 6) is -4.26. The number of benzene rings is 4. The van der Waals surface area contributed by atoms with Gasteiger partial charge in [-0.3, -0.25) is 19.3 Å². The Balaban J connectivity index is 0.807. The van der Waals surface area contributed by atoms with Gasteiger partial charge in [-0.2, -0.15) is 0 Å². The van der Waals surface area contributed by atoms with E-state index in [0.29, 0.717) is 37.0 Å². The lowest BCUT2D eigenvalue weighted by molar-refractivity contribution is -0.152. The van der Waals surface area contributed by atoms with Crippen LogP contribution >= 0.6 is 0 Å². The normalized spacial score (nSPS) is 22.7. The molecule has 1 aromatic heterocycles. The standard InChI is InChI=1S/C50H46F2N4O12/c51-38-19-32(55-23-34(67-49(55)61)27-65-46(58)31-14-17-54(18-15-31)48(60)66-25-30-9-5-2-6-10-30)11-12-41(38)68-45(35-20-36(35)47(59)64-24-29-7-3-1-4-8-29)50(62)22-33-26-63-44-42-37(40(57)13-16-53-42)21-39(52)43(44)56(33)28-50/h1-13,16,19,21,31,33-34,36,62H,14-15,17-18,20,22-28H2,(H,53,57)/t33-,34+,36?,50-/m0/s1. The number of amides is 2. The lowest BCUT2D eigenvalue weighted by Crippen LogP contribution is -2.41. The van der Waals surface area contributed by atoms with Crippen LogP contribution in [0.25, 0.3) is 10.9 Å².